The Morgan fingerprint density at radius 2 is 2.09 bits per heavy atom. The number of halogens is 4. The molecule has 0 spiro atoms. The lowest BCUT2D eigenvalue weighted by atomic mass is 10.1. The topological polar surface area (TPSA) is 42.3 Å². The Balaban J connectivity index is 2.00. The lowest BCUT2D eigenvalue weighted by Gasteiger charge is -2.31. The van der Waals surface area contributed by atoms with Crippen LogP contribution in [0, 0.1) is 0 Å². The van der Waals surface area contributed by atoms with Gasteiger partial charge in [-0.25, -0.2) is 9.66 Å². The number of hydrogen-bond acceptors (Lipinski definition) is 4. The molecule has 1 aromatic heterocycles. The molecule has 122 valence electrons. The third kappa shape index (κ3) is 3.00. The predicted molar refractivity (Wildman–Crippen MR) is 75.6 cm³/mol. The van der Waals surface area contributed by atoms with Crippen LogP contribution in [0.25, 0.3) is 17.3 Å². The molecule has 2 aromatic rings. The minimum atomic E-state index is -4.77. The number of likely N-dealkylation sites (N-methyl/N-ethyl adjacent to an activating group) is 1. The number of alkyl halides is 3. The molecule has 1 atom stereocenters. The second-order valence-electron chi connectivity index (χ2n) is 4.88. The Hall–Kier alpha value is -2.55. The van der Waals surface area contributed by atoms with Gasteiger partial charge in [-0.3, -0.25) is 5.01 Å². The van der Waals surface area contributed by atoms with Gasteiger partial charge in [-0.1, -0.05) is 12.1 Å². The molecule has 0 aliphatic carbocycles. The maximum atomic E-state index is 12.8. The fraction of sp³-hybridized carbons (Fsp3) is 0.214. The maximum Gasteiger partial charge on any atom is 0.573 e. The van der Waals surface area contributed by atoms with Gasteiger partial charge in [-0.15, -0.1) is 23.2 Å². The summed E-state index contributed by atoms with van der Waals surface area (Å²) < 4.78 is 55.3. The number of rotatable bonds is 3. The van der Waals surface area contributed by atoms with Crippen LogP contribution in [0.4, 0.5) is 17.7 Å². The number of aromatic nitrogens is 2. The molecule has 0 saturated carbocycles. The number of nitrogens with one attached hydrogen (secondary N) is 1. The largest absolute Gasteiger partial charge is 0.573 e. The average molecular weight is 328 g/mol. The highest BCUT2D eigenvalue weighted by atomic mass is 19.4. The smallest absolute Gasteiger partial charge is 0.406 e. The van der Waals surface area contributed by atoms with Crippen molar-refractivity contribution < 1.29 is 22.4 Å². The SMILES string of the molecule is CN1C(NF)C=Cc2ncc(-c3cccc(OC(F)(F)F)c3)n21. The molecule has 0 fully saturated rings. The van der Waals surface area contributed by atoms with Gasteiger partial charge in [0.25, 0.3) is 0 Å². The molecule has 5 nitrogen and oxygen atoms in total. The summed E-state index contributed by atoms with van der Waals surface area (Å²) in [7, 11) is 1.63. The van der Waals surface area contributed by atoms with E-state index >= 15 is 0 Å². The second-order valence-corrected chi connectivity index (χ2v) is 4.88. The number of fused-ring (bicyclic) bond motifs is 1. The molecule has 1 aliphatic rings. The lowest BCUT2D eigenvalue weighted by molar-refractivity contribution is -0.274. The Morgan fingerprint density at radius 3 is 2.78 bits per heavy atom. The molecule has 1 aromatic carbocycles. The van der Waals surface area contributed by atoms with Gasteiger partial charge in [0.1, 0.15) is 11.9 Å². The summed E-state index contributed by atoms with van der Waals surface area (Å²) in [6.07, 6.45) is -0.765. The van der Waals surface area contributed by atoms with E-state index in [-0.39, 0.29) is 5.75 Å². The van der Waals surface area contributed by atoms with Crippen molar-refractivity contribution in [2.75, 3.05) is 12.1 Å². The van der Waals surface area contributed by atoms with Crippen molar-refractivity contribution in [3.05, 3.63) is 42.4 Å². The summed E-state index contributed by atoms with van der Waals surface area (Å²) in [5.74, 6) is 0.205. The minimum Gasteiger partial charge on any atom is -0.406 e. The van der Waals surface area contributed by atoms with Crippen molar-refractivity contribution in [1.82, 2.24) is 15.2 Å². The summed E-state index contributed by atoms with van der Waals surface area (Å²) in [5, 5.41) is 1.54. The van der Waals surface area contributed by atoms with Crippen LogP contribution < -0.4 is 15.3 Å². The van der Waals surface area contributed by atoms with Gasteiger partial charge < -0.3 is 4.74 Å². The molecule has 9 heteroatoms. The van der Waals surface area contributed by atoms with E-state index in [4.69, 9.17) is 0 Å². The molecule has 1 aliphatic heterocycles. The molecule has 2 heterocycles. The van der Waals surface area contributed by atoms with Crippen molar-refractivity contribution >= 4 is 6.08 Å². The van der Waals surface area contributed by atoms with Crippen LogP contribution in [0.1, 0.15) is 5.82 Å². The summed E-state index contributed by atoms with van der Waals surface area (Å²) in [6, 6.07) is 5.53. The van der Waals surface area contributed by atoms with Crippen molar-refractivity contribution in [2.24, 2.45) is 0 Å². The van der Waals surface area contributed by atoms with Crippen LogP contribution >= 0.6 is 0 Å². The van der Waals surface area contributed by atoms with Crippen LogP contribution in [-0.4, -0.2) is 29.2 Å². The number of imidazole rings is 1. The highest BCUT2D eigenvalue weighted by molar-refractivity contribution is 5.65. The van der Waals surface area contributed by atoms with E-state index in [0.29, 0.717) is 17.1 Å². The molecular weight excluding hydrogens is 316 g/mol. The number of nitrogens with zero attached hydrogens (tertiary/aromatic N) is 3. The fourth-order valence-corrected chi connectivity index (χ4v) is 2.39. The van der Waals surface area contributed by atoms with Gasteiger partial charge >= 0.3 is 6.36 Å². The first-order chi connectivity index (χ1) is 10.9. The Morgan fingerprint density at radius 1 is 1.30 bits per heavy atom. The summed E-state index contributed by atoms with van der Waals surface area (Å²) in [5.41, 5.74) is 2.60. The Labute approximate surface area is 128 Å². The summed E-state index contributed by atoms with van der Waals surface area (Å²) in [6.45, 7) is 0. The van der Waals surface area contributed by atoms with Crippen molar-refractivity contribution in [3.8, 4) is 17.0 Å². The van der Waals surface area contributed by atoms with Gasteiger partial charge in [0.2, 0.25) is 0 Å². The van der Waals surface area contributed by atoms with Crippen molar-refractivity contribution in [3.63, 3.8) is 0 Å². The maximum absolute atomic E-state index is 12.8. The van der Waals surface area contributed by atoms with Crippen LogP contribution in [0.5, 0.6) is 5.75 Å². The molecule has 1 unspecified atom stereocenters. The predicted octanol–water partition coefficient (Wildman–Crippen LogP) is 2.84. The quantitative estimate of drug-likeness (QED) is 0.695. The molecule has 0 amide bonds. The zero-order chi connectivity index (χ0) is 16.6. The van der Waals surface area contributed by atoms with Gasteiger partial charge in [0, 0.05) is 12.6 Å². The zero-order valence-electron chi connectivity index (χ0n) is 11.9. The standard InChI is InChI=1S/C14H12F4N4O/c1-21-13(20-18)6-5-12-19-8-11(22(12)21)9-3-2-4-10(7-9)23-14(15,16)17/h2-8,13,20H,1H3. The Kier molecular flexibility index (Phi) is 3.72. The first-order valence-electron chi connectivity index (χ1n) is 6.60. The number of ether oxygens (including phenoxy) is 1. The molecule has 3 rings (SSSR count). The third-order valence-corrected chi connectivity index (χ3v) is 3.39. The van der Waals surface area contributed by atoms with Crippen molar-refractivity contribution in [1.29, 1.82) is 0 Å². The van der Waals surface area contributed by atoms with E-state index in [1.54, 1.807) is 35.5 Å². The molecule has 0 saturated heterocycles. The molecule has 0 radical (unpaired) electrons. The van der Waals surface area contributed by atoms with Crippen LogP contribution in [0.2, 0.25) is 0 Å². The molecule has 23 heavy (non-hydrogen) atoms. The van der Waals surface area contributed by atoms with E-state index in [9.17, 15) is 17.7 Å². The second kappa shape index (κ2) is 5.58. The monoisotopic (exact) mass is 328 g/mol. The van der Waals surface area contributed by atoms with E-state index < -0.39 is 12.5 Å². The van der Waals surface area contributed by atoms with Gasteiger partial charge in [0.15, 0.2) is 5.82 Å². The van der Waals surface area contributed by atoms with Crippen LogP contribution in [-0.2, 0) is 0 Å². The average Bonchev–Trinajstić information content (AvgIpc) is 2.91. The van der Waals surface area contributed by atoms with Gasteiger partial charge in [-0.05, 0) is 24.3 Å². The van der Waals surface area contributed by atoms with Crippen molar-refractivity contribution in [2.45, 2.75) is 12.5 Å². The Bertz CT molecular complexity index is 741. The highest BCUT2D eigenvalue weighted by Gasteiger charge is 2.31. The first-order valence-corrected chi connectivity index (χ1v) is 6.60. The summed E-state index contributed by atoms with van der Waals surface area (Å²) >= 11 is 0. The minimum absolute atomic E-state index is 0.334. The van der Waals surface area contributed by atoms with Gasteiger partial charge in [-0.2, -0.15) is 0 Å². The van der Waals surface area contributed by atoms with Gasteiger partial charge in [0.05, 0.1) is 11.9 Å². The van der Waals surface area contributed by atoms with Crippen LogP contribution in [0.15, 0.2) is 36.5 Å². The van der Waals surface area contributed by atoms with E-state index in [1.165, 1.54) is 29.4 Å². The van der Waals surface area contributed by atoms with E-state index in [1.807, 2.05) is 0 Å². The van der Waals surface area contributed by atoms with E-state index in [0.717, 1.165) is 0 Å². The molecular formula is C14H12F4N4O. The molecule has 0 bridgehead atoms. The molecule has 1 N–H and O–H groups in total. The third-order valence-electron chi connectivity index (χ3n) is 3.39. The zero-order valence-corrected chi connectivity index (χ0v) is 11.9. The number of benzene rings is 1. The summed E-state index contributed by atoms with van der Waals surface area (Å²) in [4.78, 5) is 4.18. The van der Waals surface area contributed by atoms with Crippen LogP contribution in [0.3, 0.4) is 0 Å². The fourth-order valence-electron chi connectivity index (χ4n) is 2.39. The lowest BCUT2D eigenvalue weighted by Crippen LogP contribution is -2.47. The first kappa shape index (κ1) is 15.3. The van der Waals surface area contributed by atoms with E-state index in [2.05, 4.69) is 9.72 Å². The normalized spacial score (nSPS) is 17.3. The highest BCUT2D eigenvalue weighted by Crippen LogP contribution is 2.29. The number of hydrogen-bond donors (Lipinski definition) is 1.